The quantitative estimate of drug-likeness (QED) is 0.367. The molecule has 0 spiro atoms. The Balaban J connectivity index is 1.72. The minimum atomic E-state index is -3.75. The summed E-state index contributed by atoms with van der Waals surface area (Å²) in [5, 5.41) is 1.07. The van der Waals surface area contributed by atoms with Crippen molar-refractivity contribution in [2.24, 2.45) is 7.05 Å². The van der Waals surface area contributed by atoms with Gasteiger partial charge in [0.15, 0.2) is 5.65 Å². The fraction of sp³-hybridized carbons (Fsp3) is 0.0909. The van der Waals surface area contributed by atoms with Gasteiger partial charge in [-0.15, -0.1) is 0 Å². The summed E-state index contributed by atoms with van der Waals surface area (Å²) >= 11 is 6.19. The molecule has 3 heterocycles. The van der Waals surface area contributed by atoms with E-state index in [1.165, 1.54) is 18.3 Å². The molecule has 5 rings (SSSR count). The third-order valence-electron chi connectivity index (χ3n) is 5.18. The monoisotopic (exact) mass is 454 g/mol. The Labute approximate surface area is 182 Å². The molecule has 2 aromatic carbocycles. The predicted octanol–water partition coefficient (Wildman–Crippen LogP) is 4.76. The molecule has 0 saturated heterocycles. The summed E-state index contributed by atoms with van der Waals surface area (Å²) in [6.45, 7) is 0. The molecule has 0 fully saturated rings. The van der Waals surface area contributed by atoms with Crippen LogP contribution in [0.4, 0.5) is 4.39 Å². The number of hydrogen-bond donors (Lipinski definition) is 0. The maximum Gasteiger partial charge on any atom is 0.244 e. The van der Waals surface area contributed by atoms with E-state index in [9.17, 15) is 12.8 Å². The van der Waals surface area contributed by atoms with Crippen LogP contribution in [0, 0.1) is 5.82 Å². The van der Waals surface area contributed by atoms with Crippen LogP contribution in [0.15, 0.2) is 67.0 Å². The fourth-order valence-electron chi connectivity index (χ4n) is 3.80. The van der Waals surface area contributed by atoms with Crippen molar-refractivity contribution in [2.75, 3.05) is 0 Å². The molecule has 0 bridgehead atoms. The van der Waals surface area contributed by atoms with Crippen LogP contribution < -0.4 is 0 Å². The molecule has 5 aromatic rings. The lowest BCUT2D eigenvalue weighted by atomic mass is 10.1. The van der Waals surface area contributed by atoms with Gasteiger partial charge >= 0.3 is 0 Å². The Morgan fingerprint density at radius 2 is 1.81 bits per heavy atom. The number of hydrogen-bond acceptors (Lipinski definition) is 4. The second-order valence-corrected chi connectivity index (χ2v) is 9.43. The third kappa shape index (κ3) is 3.37. The molecule has 0 amide bonds. The van der Waals surface area contributed by atoms with Crippen LogP contribution >= 0.6 is 11.6 Å². The molecule has 0 radical (unpaired) electrons. The topological polar surface area (TPSA) is 69.8 Å². The first-order valence-corrected chi connectivity index (χ1v) is 11.4. The fourth-order valence-corrected chi connectivity index (χ4v) is 5.37. The van der Waals surface area contributed by atoms with Crippen LogP contribution in [-0.4, -0.2) is 26.9 Å². The average Bonchev–Trinajstić information content (AvgIpc) is 3.29. The normalized spacial score (nSPS) is 12.1. The van der Waals surface area contributed by atoms with Crippen molar-refractivity contribution in [3.05, 3.63) is 83.7 Å². The van der Waals surface area contributed by atoms with Gasteiger partial charge in [-0.1, -0.05) is 30.3 Å². The van der Waals surface area contributed by atoms with Crippen molar-refractivity contribution < 1.29 is 12.8 Å². The van der Waals surface area contributed by atoms with Gasteiger partial charge in [-0.25, -0.2) is 21.8 Å². The Morgan fingerprint density at radius 3 is 2.58 bits per heavy atom. The van der Waals surface area contributed by atoms with E-state index in [4.69, 9.17) is 11.6 Å². The van der Waals surface area contributed by atoms with E-state index < -0.39 is 10.0 Å². The molecule has 0 aliphatic rings. The van der Waals surface area contributed by atoms with E-state index in [0.717, 1.165) is 9.49 Å². The Morgan fingerprint density at radius 1 is 1.03 bits per heavy atom. The van der Waals surface area contributed by atoms with E-state index in [1.54, 1.807) is 36.4 Å². The highest BCUT2D eigenvalue weighted by atomic mass is 35.5. The van der Waals surface area contributed by atoms with Gasteiger partial charge in [0.25, 0.3) is 0 Å². The summed E-state index contributed by atoms with van der Waals surface area (Å²) in [5.74, 6) is -0.562. The number of rotatable bonds is 4. The molecule has 156 valence electrons. The maximum atomic E-state index is 14.0. The molecule has 3 aromatic heterocycles. The summed E-state index contributed by atoms with van der Waals surface area (Å²) in [4.78, 5) is 8.55. The second-order valence-electron chi connectivity index (χ2n) is 7.25. The minimum Gasteiger partial charge on any atom is -0.350 e. The Hall–Kier alpha value is -3.23. The van der Waals surface area contributed by atoms with Crippen molar-refractivity contribution in [1.82, 2.24) is 18.5 Å². The van der Waals surface area contributed by atoms with Gasteiger partial charge in [0.1, 0.15) is 5.82 Å². The third-order valence-corrected chi connectivity index (χ3v) is 6.94. The lowest BCUT2D eigenvalue weighted by molar-refractivity contribution is 0.588. The molecule has 0 aliphatic heterocycles. The zero-order valence-electron chi connectivity index (χ0n) is 16.3. The van der Waals surface area contributed by atoms with Gasteiger partial charge in [-0.3, -0.25) is 0 Å². The highest BCUT2D eigenvalue weighted by Crippen LogP contribution is 2.35. The SMILES string of the molecule is Cn1cc(-c2nc(Cl)nc3c2ccn3S(=O)(=O)Cc2ccccc2)c2cc(F)ccc21. The van der Waals surface area contributed by atoms with Crippen LogP contribution in [0.25, 0.3) is 33.2 Å². The highest BCUT2D eigenvalue weighted by molar-refractivity contribution is 7.89. The summed E-state index contributed by atoms with van der Waals surface area (Å²) in [7, 11) is -1.91. The molecule has 6 nitrogen and oxygen atoms in total. The van der Waals surface area contributed by atoms with Crippen molar-refractivity contribution in [2.45, 2.75) is 5.75 Å². The predicted molar refractivity (Wildman–Crippen MR) is 119 cm³/mol. The lowest BCUT2D eigenvalue weighted by Crippen LogP contribution is -2.14. The van der Waals surface area contributed by atoms with Crippen molar-refractivity contribution in [3.63, 3.8) is 0 Å². The average molecular weight is 455 g/mol. The van der Waals surface area contributed by atoms with Crippen LogP contribution in [0.2, 0.25) is 5.28 Å². The van der Waals surface area contributed by atoms with Gasteiger partial charge in [-0.2, -0.15) is 4.98 Å². The zero-order valence-corrected chi connectivity index (χ0v) is 17.9. The van der Waals surface area contributed by atoms with E-state index in [-0.39, 0.29) is 22.5 Å². The number of aromatic nitrogens is 4. The standard InChI is InChI=1S/C22H16ClFN4O2S/c1-27-12-18(17-11-15(24)7-8-19(17)27)20-16-9-10-28(21(16)26-22(23)25-20)31(29,30)13-14-5-3-2-4-6-14/h2-12H,13H2,1H3. The van der Waals surface area contributed by atoms with E-state index in [0.29, 0.717) is 27.6 Å². The molecular weight excluding hydrogens is 439 g/mol. The number of nitrogens with zero attached hydrogens (tertiary/aromatic N) is 4. The molecule has 0 N–H and O–H groups in total. The van der Waals surface area contributed by atoms with Gasteiger partial charge in [0.05, 0.1) is 11.4 Å². The largest absolute Gasteiger partial charge is 0.350 e. The van der Waals surface area contributed by atoms with Crippen LogP contribution in [0.1, 0.15) is 5.56 Å². The van der Waals surface area contributed by atoms with Crippen molar-refractivity contribution >= 4 is 43.6 Å². The zero-order chi connectivity index (χ0) is 21.8. The van der Waals surface area contributed by atoms with Crippen molar-refractivity contribution in [1.29, 1.82) is 0 Å². The van der Waals surface area contributed by atoms with Crippen LogP contribution in [0.3, 0.4) is 0 Å². The summed E-state index contributed by atoms with van der Waals surface area (Å²) in [6, 6.07) is 15.0. The number of halogens is 2. The first kappa shape index (κ1) is 19.7. The second kappa shape index (κ2) is 7.18. The Bertz CT molecular complexity index is 1560. The number of aryl methyl sites for hydroxylation is 1. The maximum absolute atomic E-state index is 14.0. The molecular formula is C22H16ClFN4O2S. The molecule has 0 unspecified atom stereocenters. The van der Waals surface area contributed by atoms with Gasteiger partial charge in [0, 0.05) is 41.3 Å². The van der Waals surface area contributed by atoms with E-state index in [1.807, 2.05) is 23.9 Å². The Kier molecular flexibility index (Phi) is 4.56. The lowest BCUT2D eigenvalue weighted by Gasteiger charge is -2.08. The van der Waals surface area contributed by atoms with E-state index >= 15 is 0 Å². The molecule has 0 aliphatic carbocycles. The van der Waals surface area contributed by atoms with Gasteiger partial charge in [0.2, 0.25) is 15.3 Å². The molecule has 0 atom stereocenters. The molecule has 0 saturated carbocycles. The summed E-state index contributed by atoms with van der Waals surface area (Å²) in [5.41, 5.74) is 2.74. The summed E-state index contributed by atoms with van der Waals surface area (Å²) in [6.07, 6.45) is 3.27. The minimum absolute atomic E-state index is 0.0919. The van der Waals surface area contributed by atoms with Crippen LogP contribution in [0.5, 0.6) is 0 Å². The number of benzene rings is 2. The summed E-state index contributed by atoms with van der Waals surface area (Å²) < 4.78 is 43.1. The van der Waals surface area contributed by atoms with Gasteiger partial charge in [-0.05, 0) is 41.4 Å². The molecule has 9 heteroatoms. The first-order chi connectivity index (χ1) is 14.8. The van der Waals surface area contributed by atoms with Crippen LogP contribution in [-0.2, 0) is 22.8 Å². The first-order valence-electron chi connectivity index (χ1n) is 9.40. The van der Waals surface area contributed by atoms with Gasteiger partial charge < -0.3 is 4.57 Å². The molecule has 31 heavy (non-hydrogen) atoms. The van der Waals surface area contributed by atoms with E-state index in [2.05, 4.69) is 9.97 Å². The number of fused-ring (bicyclic) bond motifs is 2. The van der Waals surface area contributed by atoms with Crippen molar-refractivity contribution in [3.8, 4) is 11.3 Å². The smallest absolute Gasteiger partial charge is 0.244 e. The highest BCUT2D eigenvalue weighted by Gasteiger charge is 2.22.